The van der Waals surface area contributed by atoms with E-state index in [4.69, 9.17) is 5.73 Å². The van der Waals surface area contributed by atoms with Gasteiger partial charge in [-0.2, -0.15) is 0 Å². The summed E-state index contributed by atoms with van der Waals surface area (Å²) in [5.74, 6) is 0. The van der Waals surface area contributed by atoms with Crippen LogP contribution in [0.2, 0.25) is 0 Å². The summed E-state index contributed by atoms with van der Waals surface area (Å²) in [6.45, 7) is 8.34. The monoisotopic (exact) mass is 161 g/mol. The van der Waals surface area contributed by atoms with Gasteiger partial charge in [0.05, 0.1) is 6.67 Å². The predicted molar refractivity (Wildman–Crippen MR) is 47.2 cm³/mol. The van der Waals surface area contributed by atoms with Crippen molar-refractivity contribution in [1.82, 2.24) is 0 Å². The van der Waals surface area contributed by atoms with E-state index in [-0.39, 0.29) is 17.5 Å². The van der Waals surface area contributed by atoms with Crippen LogP contribution in [0.15, 0.2) is 0 Å². The van der Waals surface area contributed by atoms with Crippen molar-refractivity contribution in [3.63, 3.8) is 0 Å². The zero-order chi connectivity index (χ0) is 9.12. The molecule has 0 aromatic rings. The van der Waals surface area contributed by atoms with Crippen LogP contribution in [0.4, 0.5) is 4.39 Å². The SMILES string of the molecule is CC(C)(C)CC(C)(CN)CF. The summed E-state index contributed by atoms with van der Waals surface area (Å²) in [5, 5.41) is 0. The summed E-state index contributed by atoms with van der Waals surface area (Å²) >= 11 is 0. The van der Waals surface area contributed by atoms with Gasteiger partial charge in [0.1, 0.15) is 0 Å². The third-order valence-corrected chi connectivity index (χ3v) is 1.77. The molecular weight excluding hydrogens is 141 g/mol. The average molecular weight is 161 g/mol. The van der Waals surface area contributed by atoms with E-state index in [1.165, 1.54) is 0 Å². The minimum absolute atomic E-state index is 0.167. The molecule has 0 aliphatic heterocycles. The van der Waals surface area contributed by atoms with Crippen LogP contribution >= 0.6 is 0 Å². The molecule has 0 fully saturated rings. The quantitative estimate of drug-likeness (QED) is 0.675. The normalized spacial score (nSPS) is 18.0. The number of alkyl halides is 1. The van der Waals surface area contributed by atoms with Crippen molar-refractivity contribution < 1.29 is 4.39 Å². The molecule has 1 atom stereocenters. The maximum atomic E-state index is 12.5. The minimum Gasteiger partial charge on any atom is -0.330 e. The van der Waals surface area contributed by atoms with Crippen LogP contribution in [0.1, 0.15) is 34.1 Å². The van der Waals surface area contributed by atoms with Crippen LogP contribution in [0, 0.1) is 10.8 Å². The molecule has 0 aliphatic rings. The van der Waals surface area contributed by atoms with E-state index in [0.717, 1.165) is 6.42 Å². The van der Waals surface area contributed by atoms with E-state index in [1.54, 1.807) is 0 Å². The van der Waals surface area contributed by atoms with Gasteiger partial charge in [0, 0.05) is 12.0 Å². The van der Waals surface area contributed by atoms with Crippen LogP contribution in [-0.2, 0) is 0 Å². The van der Waals surface area contributed by atoms with Crippen molar-refractivity contribution in [1.29, 1.82) is 0 Å². The lowest BCUT2D eigenvalue weighted by Crippen LogP contribution is -2.33. The molecule has 0 aromatic heterocycles. The molecule has 0 heterocycles. The third-order valence-electron chi connectivity index (χ3n) is 1.77. The topological polar surface area (TPSA) is 26.0 Å². The highest BCUT2D eigenvalue weighted by molar-refractivity contribution is 4.80. The fourth-order valence-corrected chi connectivity index (χ4v) is 1.45. The lowest BCUT2D eigenvalue weighted by atomic mass is 9.76. The Bertz CT molecular complexity index is 111. The van der Waals surface area contributed by atoms with Gasteiger partial charge in [0.15, 0.2) is 0 Å². The molecule has 0 rings (SSSR count). The molecule has 0 saturated heterocycles. The lowest BCUT2D eigenvalue weighted by molar-refractivity contribution is 0.155. The summed E-state index contributed by atoms with van der Waals surface area (Å²) in [4.78, 5) is 0. The van der Waals surface area contributed by atoms with Crippen molar-refractivity contribution in [3.8, 4) is 0 Å². The first kappa shape index (κ1) is 10.9. The minimum atomic E-state index is -0.321. The number of rotatable bonds is 3. The second kappa shape index (κ2) is 3.53. The molecule has 0 radical (unpaired) electrons. The first-order valence-corrected chi connectivity index (χ1v) is 4.09. The van der Waals surface area contributed by atoms with Crippen molar-refractivity contribution in [2.75, 3.05) is 13.2 Å². The summed E-state index contributed by atoms with van der Waals surface area (Å²) < 4.78 is 12.5. The first-order chi connectivity index (χ1) is 4.83. The molecule has 1 unspecified atom stereocenters. The Morgan fingerprint density at radius 3 is 1.73 bits per heavy atom. The van der Waals surface area contributed by atoms with E-state index < -0.39 is 0 Å². The van der Waals surface area contributed by atoms with Crippen molar-refractivity contribution >= 4 is 0 Å². The van der Waals surface area contributed by atoms with Gasteiger partial charge < -0.3 is 5.73 Å². The zero-order valence-corrected chi connectivity index (χ0v) is 8.08. The van der Waals surface area contributed by atoms with E-state index in [0.29, 0.717) is 6.54 Å². The van der Waals surface area contributed by atoms with E-state index >= 15 is 0 Å². The highest BCUT2D eigenvalue weighted by Gasteiger charge is 2.28. The highest BCUT2D eigenvalue weighted by atomic mass is 19.1. The Kier molecular flexibility index (Phi) is 3.49. The molecule has 11 heavy (non-hydrogen) atoms. The summed E-state index contributed by atoms with van der Waals surface area (Å²) in [6, 6.07) is 0. The smallest absolute Gasteiger partial charge is 0.0960 e. The van der Waals surface area contributed by atoms with Crippen LogP contribution in [0.25, 0.3) is 0 Å². The van der Waals surface area contributed by atoms with Crippen molar-refractivity contribution in [2.24, 2.45) is 16.6 Å². The van der Waals surface area contributed by atoms with Gasteiger partial charge in [0.25, 0.3) is 0 Å². The first-order valence-electron chi connectivity index (χ1n) is 4.09. The predicted octanol–water partition coefficient (Wildman–Crippen LogP) is 2.36. The molecule has 68 valence electrons. The zero-order valence-electron chi connectivity index (χ0n) is 8.08. The largest absolute Gasteiger partial charge is 0.330 e. The van der Waals surface area contributed by atoms with Gasteiger partial charge in [-0.05, 0) is 11.8 Å². The summed E-state index contributed by atoms with van der Waals surface area (Å²) in [5.41, 5.74) is 5.33. The molecule has 0 spiro atoms. The highest BCUT2D eigenvalue weighted by Crippen LogP contribution is 2.32. The molecule has 0 amide bonds. The van der Waals surface area contributed by atoms with E-state index in [9.17, 15) is 4.39 Å². The second-order valence-corrected chi connectivity index (χ2v) is 4.89. The molecule has 0 aromatic carbocycles. The van der Waals surface area contributed by atoms with Crippen LogP contribution in [0.5, 0.6) is 0 Å². The van der Waals surface area contributed by atoms with E-state index in [2.05, 4.69) is 20.8 Å². The van der Waals surface area contributed by atoms with Gasteiger partial charge in [-0.25, -0.2) is 0 Å². The third kappa shape index (κ3) is 4.35. The van der Waals surface area contributed by atoms with Gasteiger partial charge >= 0.3 is 0 Å². The molecule has 1 nitrogen and oxygen atoms in total. The number of hydrogen-bond acceptors (Lipinski definition) is 1. The molecule has 0 saturated carbocycles. The standard InChI is InChI=1S/C9H20FN/c1-8(2,3)5-9(4,6-10)7-11/h5-7,11H2,1-4H3. The fourth-order valence-electron chi connectivity index (χ4n) is 1.45. The summed E-state index contributed by atoms with van der Waals surface area (Å²) in [6.07, 6.45) is 0.840. The van der Waals surface area contributed by atoms with Gasteiger partial charge in [-0.1, -0.05) is 27.7 Å². The van der Waals surface area contributed by atoms with Crippen molar-refractivity contribution in [3.05, 3.63) is 0 Å². The summed E-state index contributed by atoms with van der Waals surface area (Å²) in [7, 11) is 0. The second-order valence-electron chi connectivity index (χ2n) is 4.89. The van der Waals surface area contributed by atoms with Crippen LogP contribution in [0.3, 0.4) is 0 Å². The van der Waals surface area contributed by atoms with Gasteiger partial charge in [-0.15, -0.1) is 0 Å². The fraction of sp³-hybridized carbons (Fsp3) is 1.00. The maximum absolute atomic E-state index is 12.5. The van der Waals surface area contributed by atoms with Crippen molar-refractivity contribution in [2.45, 2.75) is 34.1 Å². The molecule has 2 heteroatoms. The Morgan fingerprint density at radius 2 is 1.64 bits per heavy atom. The molecule has 2 N–H and O–H groups in total. The Balaban J connectivity index is 4.08. The maximum Gasteiger partial charge on any atom is 0.0960 e. The molecule has 0 aliphatic carbocycles. The Labute approximate surface area is 69.2 Å². The van der Waals surface area contributed by atoms with Gasteiger partial charge in [0.2, 0.25) is 0 Å². The number of nitrogens with two attached hydrogens (primary N) is 1. The van der Waals surface area contributed by atoms with Crippen LogP contribution in [-0.4, -0.2) is 13.2 Å². The molecule has 0 bridgehead atoms. The van der Waals surface area contributed by atoms with Gasteiger partial charge in [-0.3, -0.25) is 4.39 Å². The lowest BCUT2D eigenvalue weighted by Gasteiger charge is -2.32. The van der Waals surface area contributed by atoms with Crippen LogP contribution < -0.4 is 5.73 Å². The number of halogens is 1. The average Bonchev–Trinajstić information content (AvgIpc) is 1.84. The number of hydrogen-bond donors (Lipinski definition) is 1. The van der Waals surface area contributed by atoms with E-state index in [1.807, 2.05) is 6.92 Å². The molecular formula is C9H20FN. The Morgan fingerprint density at radius 1 is 1.18 bits per heavy atom. The Hall–Kier alpha value is -0.110.